The van der Waals surface area contributed by atoms with Crippen molar-refractivity contribution in [1.82, 2.24) is 9.62 Å². The van der Waals surface area contributed by atoms with Gasteiger partial charge in [0.2, 0.25) is 15.9 Å². The maximum atomic E-state index is 12.1. The van der Waals surface area contributed by atoms with Crippen LogP contribution in [0.4, 0.5) is 13.2 Å². The van der Waals surface area contributed by atoms with Crippen LogP contribution in [0.3, 0.4) is 0 Å². The molecule has 1 unspecified atom stereocenters. The summed E-state index contributed by atoms with van der Waals surface area (Å²) in [4.78, 5) is 13.4. The number of amides is 1. The molecule has 2 rings (SSSR count). The minimum Gasteiger partial charge on any atom is -0.406 e. The number of rotatable bonds is 6. The molecule has 1 aliphatic heterocycles. The zero-order valence-electron chi connectivity index (χ0n) is 14.2. The van der Waals surface area contributed by atoms with Gasteiger partial charge in [-0.15, -0.1) is 25.6 Å². The van der Waals surface area contributed by atoms with Crippen molar-refractivity contribution in [3.8, 4) is 5.75 Å². The van der Waals surface area contributed by atoms with E-state index in [0.29, 0.717) is 13.1 Å². The largest absolute Gasteiger partial charge is 0.573 e. The normalized spacial score (nSPS) is 17.9. The predicted molar refractivity (Wildman–Crippen MR) is 94.0 cm³/mol. The van der Waals surface area contributed by atoms with Crippen molar-refractivity contribution >= 4 is 28.3 Å². The second-order valence-electron chi connectivity index (χ2n) is 5.91. The molecule has 27 heavy (non-hydrogen) atoms. The first-order valence-corrected chi connectivity index (χ1v) is 9.44. The summed E-state index contributed by atoms with van der Waals surface area (Å²) in [6, 6.07) is 3.73. The van der Waals surface area contributed by atoms with Crippen LogP contribution in [-0.4, -0.2) is 51.3 Å². The lowest BCUT2D eigenvalue weighted by atomic mass is 10.1. The smallest absolute Gasteiger partial charge is 0.406 e. The van der Waals surface area contributed by atoms with E-state index in [4.69, 9.17) is 5.73 Å². The third kappa shape index (κ3) is 7.53. The van der Waals surface area contributed by atoms with Gasteiger partial charge in [-0.1, -0.05) is 0 Å². The van der Waals surface area contributed by atoms with E-state index < -0.39 is 22.1 Å². The number of hydrogen-bond acceptors (Lipinski definition) is 5. The van der Waals surface area contributed by atoms with Gasteiger partial charge < -0.3 is 15.4 Å². The van der Waals surface area contributed by atoms with Crippen molar-refractivity contribution < 1.29 is 31.1 Å². The fraction of sp³-hybridized carbons (Fsp3) is 0.533. The Morgan fingerprint density at radius 2 is 1.93 bits per heavy atom. The van der Waals surface area contributed by atoms with E-state index in [1.54, 1.807) is 4.90 Å². The van der Waals surface area contributed by atoms with Crippen molar-refractivity contribution in [2.45, 2.75) is 36.6 Å². The Morgan fingerprint density at radius 3 is 2.48 bits per heavy atom. The number of sulfonamides is 1. The van der Waals surface area contributed by atoms with Crippen LogP contribution in [0.25, 0.3) is 0 Å². The number of nitrogens with one attached hydrogen (secondary N) is 1. The molecule has 1 fully saturated rings. The molecule has 0 aliphatic carbocycles. The van der Waals surface area contributed by atoms with Gasteiger partial charge in [0, 0.05) is 32.1 Å². The summed E-state index contributed by atoms with van der Waals surface area (Å²) in [5.74, 6) is -0.718. The van der Waals surface area contributed by atoms with Crippen molar-refractivity contribution in [1.29, 1.82) is 0 Å². The second-order valence-corrected chi connectivity index (χ2v) is 7.68. The van der Waals surface area contributed by atoms with Crippen LogP contribution in [0.15, 0.2) is 29.2 Å². The Bertz CT molecular complexity index is 729. The number of piperidine rings is 1. The van der Waals surface area contributed by atoms with Crippen LogP contribution in [-0.2, 0) is 14.8 Å². The van der Waals surface area contributed by atoms with Crippen molar-refractivity contribution in [3.63, 3.8) is 0 Å². The first-order valence-electron chi connectivity index (χ1n) is 7.96. The fourth-order valence-corrected chi connectivity index (χ4v) is 3.62. The SMILES string of the molecule is Cl.NC1CCCN(C(=O)CCNS(=O)(=O)c2ccc(OC(F)(F)F)cc2)C1. The number of carbonyl (C=O) groups is 1. The highest BCUT2D eigenvalue weighted by molar-refractivity contribution is 7.89. The maximum Gasteiger partial charge on any atom is 0.573 e. The lowest BCUT2D eigenvalue weighted by Crippen LogP contribution is -2.46. The number of carbonyl (C=O) groups excluding carboxylic acids is 1. The minimum atomic E-state index is -4.85. The Balaban J connectivity index is 0.00000364. The quantitative estimate of drug-likeness (QED) is 0.712. The van der Waals surface area contributed by atoms with Crippen molar-refractivity contribution in [2.75, 3.05) is 19.6 Å². The number of benzene rings is 1. The molecule has 0 saturated carbocycles. The van der Waals surface area contributed by atoms with E-state index in [1.165, 1.54) is 0 Å². The molecule has 1 heterocycles. The van der Waals surface area contributed by atoms with Gasteiger partial charge in [-0.05, 0) is 37.1 Å². The number of likely N-dealkylation sites (tertiary alicyclic amines) is 1. The molecule has 1 aromatic carbocycles. The van der Waals surface area contributed by atoms with Gasteiger partial charge in [0.15, 0.2) is 0 Å². The summed E-state index contributed by atoms with van der Waals surface area (Å²) in [5, 5.41) is 0. The van der Waals surface area contributed by atoms with E-state index in [2.05, 4.69) is 9.46 Å². The molecule has 12 heteroatoms. The lowest BCUT2D eigenvalue weighted by Gasteiger charge is -2.30. The molecule has 154 valence electrons. The number of ether oxygens (including phenoxy) is 1. The molecule has 1 saturated heterocycles. The first-order chi connectivity index (χ1) is 12.1. The third-order valence-corrected chi connectivity index (χ3v) is 5.29. The second kappa shape index (κ2) is 9.58. The van der Waals surface area contributed by atoms with Gasteiger partial charge in [-0.25, -0.2) is 13.1 Å². The molecule has 1 aliphatic rings. The first kappa shape index (κ1) is 23.5. The van der Waals surface area contributed by atoms with E-state index in [0.717, 1.165) is 37.1 Å². The molecule has 3 N–H and O–H groups in total. The number of hydrogen-bond donors (Lipinski definition) is 2. The average Bonchev–Trinajstić information content (AvgIpc) is 2.53. The maximum absolute atomic E-state index is 12.1. The predicted octanol–water partition coefficient (Wildman–Crippen LogP) is 1.63. The molecule has 1 aromatic rings. The van der Waals surface area contributed by atoms with Gasteiger partial charge in [-0.3, -0.25) is 4.79 Å². The number of halogens is 4. The number of nitrogens with zero attached hydrogens (tertiary/aromatic N) is 1. The summed E-state index contributed by atoms with van der Waals surface area (Å²) < 4.78 is 66.5. The zero-order chi connectivity index (χ0) is 19.4. The minimum absolute atomic E-state index is 0. The standard InChI is InChI=1S/C15H20F3N3O4S.ClH/c16-15(17,18)25-12-3-5-13(6-4-12)26(23,24)20-8-7-14(22)21-9-1-2-11(19)10-21;/h3-6,11,20H,1-2,7-10,19H2;1H. The molecular formula is C15H21ClF3N3O4S. The van der Waals surface area contributed by atoms with Crippen LogP contribution in [0.2, 0.25) is 0 Å². The Labute approximate surface area is 161 Å². The van der Waals surface area contributed by atoms with Gasteiger partial charge in [0.25, 0.3) is 0 Å². The van der Waals surface area contributed by atoms with Crippen LogP contribution in [0.5, 0.6) is 5.75 Å². The average molecular weight is 432 g/mol. The molecular weight excluding hydrogens is 411 g/mol. The van der Waals surface area contributed by atoms with Crippen molar-refractivity contribution in [3.05, 3.63) is 24.3 Å². The van der Waals surface area contributed by atoms with Crippen molar-refractivity contribution in [2.24, 2.45) is 5.73 Å². The Kier molecular flexibility index (Phi) is 8.33. The molecule has 0 radical (unpaired) electrons. The van der Waals surface area contributed by atoms with Crippen LogP contribution < -0.4 is 15.2 Å². The van der Waals surface area contributed by atoms with Crippen LogP contribution in [0, 0.1) is 0 Å². The third-order valence-electron chi connectivity index (χ3n) is 3.81. The summed E-state index contributed by atoms with van der Waals surface area (Å²) in [7, 11) is -3.94. The van der Waals surface area contributed by atoms with Gasteiger partial charge >= 0.3 is 6.36 Å². The van der Waals surface area contributed by atoms with E-state index in [1.807, 2.05) is 0 Å². The Morgan fingerprint density at radius 1 is 1.30 bits per heavy atom. The summed E-state index contributed by atoms with van der Waals surface area (Å²) >= 11 is 0. The highest BCUT2D eigenvalue weighted by Gasteiger charge is 2.31. The zero-order valence-corrected chi connectivity index (χ0v) is 15.9. The number of nitrogens with two attached hydrogens (primary N) is 1. The van der Waals surface area contributed by atoms with Gasteiger partial charge in [0.05, 0.1) is 4.90 Å². The monoisotopic (exact) mass is 431 g/mol. The molecule has 0 bridgehead atoms. The summed E-state index contributed by atoms with van der Waals surface area (Å²) in [6.07, 6.45) is -3.22. The molecule has 7 nitrogen and oxygen atoms in total. The Hall–Kier alpha value is -1.56. The topological polar surface area (TPSA) is 102 Å². The summed E-state index contributed by atoms with van der Waals surface area (Å²) in [6.45, 7) is 0.930. The molecule has 1 amide bonds. The fourth-order valence-electron chi connectivity index (χ4n) is 2.59. The number of alkyl halides is 3. The molecule has 0 aromatic heterocycles. The van der Waals surface area contributed by atoms with E-state index in [9.17, 15) is 26.4 Å². The van der Waals surface area contributed by atoms with E-state index in [-0.39, 0.29) is 42.2 Å². The summed E-state index contributed by atoms with van der Waals surface area (Å²) in [5.41, 5.74) is 5.80. The van der Waals surface area contributed by atoms with E-state index >= 15 is 0 Å². The molecule has 1 atom stereocenters. The molecule has 0 spiro atoms. The lowest BCUT2D eigenvalue weighted by molar-refractivity contribution is -0.274. The highest BCUT2D eigenvalue weighted by atomic mass is 35.5. The van der Waals surface area contributed by atoms with Gasteiger partial charge in [0.1, 0.15) is 5.75 Å². The highest BCUT2D eigenvalue weighted by Crippen LogP contribution is 2.23. The van der Waals surface area contributed by atoms with Gasteiger partial charge in [-0.2, -0.15) is 0 Å². The van der Waals surface area contributed by atoms with Crippen LogP contribution in [0.1, 0.15) is 19.3 Å². The van der Waals surface area contributed by atoms with Crippen LogP contribution >= 0.6 is 12.4 Å².